The number of rotatable bonds is 0. The molecule has 0 bridgehead atoms. The molecule has 0 saturated heterocycles. The largest absolute Gasteiger partial charge is 0.383 e. The van der Waals surface area contributed by atoms with Gasteiger partial charge in [0, 0.05) is 11.1 Å². The SMILES string of the molecule is N/N=C1/N=C(N)c2ccccc21. The predicted molar refractivity (Wildman–Crippen MR) is 47.9 cm³/mol. The van der Waals surface area contributed by atoms with Gasteiger partial charge in [0.15, 0.2) is 5.84 Å². The Kier molecular flexibility index (Phi) is 1.33. The smallest absolute Gasteiger partial charge is 0.181 e. The van der Waals surface area contributed by atoms with Gasteiger partial charge in [0.2, 0.25) is 0 Å². The molecule has 4 nitrogen and oxygen atoms in total. The summed E-state index contributed by atoms with van der Waals surface area (Å²) in [5.74, 6) is 6.12. The summed E-state index contributed by atoms with van der Waals surface area (Å²) in [6.45, 7) is 0. The van der Waals surface area contributed by atoms with E-state index in [1.54, 1.807) is 0 Å². The fourth-order valence-electron chi connectivity index (χ4n) is 1.23. The lowest BCUT2D eigenvalue weighted by Gasteiger charge is -1.95. The van der Waals surface area contributed by atoms with Crippen LogP contribution in [0.2, 0.25) is 0 Å². The number of hydrazone groups is 1. The minimum absolute atomic E-state index is 0.481. The van der Waals surface area contributed by atoms with Crippen LogP contribution < -0.4 is 11.6 Å². The molecule has 0 aromatic heterocycles. The first-order valence-corrected chi connectivity index (χ1v) is 3.55. The van der Waals surface area contributed by atoms with Gasteiger partial charge in [-0.2, -0.15) is 5.10 Å². The second-order valence-electron chi connectivity index (χ2n) is 2.50. The van der Waals surface area contributed by atoms with E-state index in [1.807, 2.05) is 24.3 Å². The summed E-state index contributed by atoms with van der Waals surface area (Å²) in [6.07, 6.45) is 0. The number of hydrogen-bond donors (Lipinski definition) is 2. The molecule has 4 heteroatoms. The fraction of sp³-hybridized carbons (Fsp3) is 0. The molecule has 12 heavy (non-hydrogen) atoms. The van der Waals surface area contributed by atoms with Crippen LogP contribution in [0.5, 0.6) is 0 Å². The van der Waals surface area contributed by atoms with E-state index in [0.29, 0.717) is 11.7 Å². The van der Waals surface area contributed by atoms with Crippen molar-refractivity contribution in [2.24, 2.45) is 21.7 Å². The van der Waals surface area contributed by atoms with Crippen molar-refractivity contribution in [1.29, 1.82) is 0 Å². The Bertz CT molecular complexity index is 378. The average molecular weight is 160 g/mol. The summed E-state index contributed by atoms with van der Waals surface area (Å²) >= 11 is 0. The first-order valence-electron chi connectivity index (χ1n) is 3.55. The molecule has 0 spiro atoms. The van der Waals surface area contributed by atoms with E-state index in [0.717, 1.165) is 11.1 Å². The summed E-state index contributed by atoms with van der Waals surface area (Å²) in [5.41, 5.74) is 7.43. The molecule has 0 radical (unpaired) electrons. The first kappa shape index (κ1) is 6.84. The number of nitrogens with zero attached hydrogens (tertiary/aromatic N) is 2. The second kappa shape index (κ2) is 2.34. The van der Waals surface area contributed by atoms with Crippen LogP contribution in [0.15, 0.2) is 34.4 Å². The lowest BCUT2D eigenvalue weighted by Crippen LogP contribution is -2.09. The van der Waals surface area contributed by atoms with E-state index in [-0.39, 0.29) is 0 Å². The summed E-state index contributed by atoms with van der Waals surface area (Å²) < 4.78 is 0. The standard InChI is InChI=1S/C8H8N4/c9-7-5-3-1-2-4-6(5)8(11-7)12-10/h1-4H,10H2,(H2,9,11,12). The maximum absolute atomic E-state index is 5.63. The molecule has 1 aromatic rings. The van der Waals surface area contributed by atoms with Crippen LogP contribution >= 0.6 is 0 Å². The van der Waals surface area contributed by atoms with Crippen LogP contribution in [-0.4, -0.2) is 11.7 Å². The molecule has 1 heterocycles. The van der Waals surface area contributed by atoms with Crippen LogP contribution in [0.3, 0.4) is 0 Å². The third kappa shape index (κ3) is 0.780. The van der Waals surface area contributed by atoms with Gasteiger partial charge in [0.05, 0.1) is 0 Å². The number of aliphatic imine (C=N–C) groups is 1. The molecule has 2 rings (SSSR count). The van der Waals surface area contributed by atoms with E-state index in [1.165, 1.54) is 0 Å². The van der Waals surface area contributed by atoms with Crippen LogP contribution in [-0.2, 0) is 0 Å². The highest BCUT2D eigenvalue weighted by atomic mass is 15.2. The molecular weight excluding hydrogens is 152 g/mol. The summed E-state index contributed by atoms with van der Waals surface area (Å²) in [7, 11) is 0. The Hall–Kier alpha value is -1.84. The lowest BCUT2D eigenvalue weighted by atomic mass is 10.1. The zero-order valence-corrected chi connectivity index (χ0v) is 6.36. The molecule has 0 amide bonds. The molecule has 0 unspecified atom stereocenters. The van der Waals surface area contributed by atoms with Crippen LogP contribution in [0, 0.1) is 0 Å². The Morgan fingerprint density at radius 3 is 2.50 bits per heavy atom. The van der Waals surface area contributed by atoms with Gasteiger partial charge in [-0.1, -0.05) is 24.3 Å². The van der Waals surface area contributed by atoms with Crippen molar-refractivity contribution in [3.8, 4) is 0 Å². The van der Waals surface area contributed by atoms with Gasteiger partial charge < -0.3 is 11.6 Å². The van der Waals surface area contributed by atoms with Crippen LogP contribution in [0.4, 0.5) is 0 Å². The maximum atomic E-state index is 5.63. The van der Waals surface area contributed by atoms with E-state index >= 15 is 0 Å². The van der Waals surface area contributed by atoms with E-state index in [4.69, 9.17) is 11.6 Å². The van der Waals surface area contributed by atoms with E-state index in [2.05, 4.69) is 10.1 Å². The monoisotopic (exact) mass is 160 g/mol. The number of fused-ring (bicyclic) bond motifs is 1. The highest BCUT2D eigenvalue weighted by Crippen LogP contribution is 2.16. The Labute approximate surface area is 69.6 Å². The van der Waals surface area contributed by atoms with Crippen LogP contribution in [0.1, 0.15) is 11.1 Å². The van der Waals surface area contributed by atoms with Crippen molar-refractivity contribution in [2.75, 3.05) is 0 Å². The number of benzene rings is 1. The van der Waals surface area contributed by atoms with Gasteiger partial charge in [-0.25, -0.2) is 4.99 Å². The number of hydrogen-bond acceptors (Lipinski definition) is 3. The minimum atomic E-state index is 0.481. The molecule has 0 fully saturated rings. The Morgan fingerprint density at radius 2 is 1.83 bits per heavy atom. The van der Waals surface area contributed by atoms with Crippen molar-refractivity contribution in [3.05, 3.63) is 35.4 Å². The zero-order valence-electron chi connectivity index (χ0n) is 6.36. The summed E-state index contributed by atoms with van der Waals surface area (Å²) in [4.78, 5) is 3.99. The molecule has 1 aliphatic heterocycles. The maximum Gasteiger partial charge on any atom is 0.181 e. The highest BCUT2D eigenvalue weighted by molar-refractivity contribution is 6.21. The fourth-order valence-corrected chi connectivity index (χ4v) is 1.23. The Balaban J connectivity index is 2.67. The van der Waals surface area contributed by atoms with Gasteiger partial charge in [-0.15, -0.1) is 0 Å². The lowest BCUT2D eigenvalue weighted by molar-refractivity contribution is 1.23. The van der Waals surface area contributed by atoms with Crippen molar-refractivity contribution >= 4 is 11.7 Å². The highest BCUT2D eigenvalue weighted by Gasteiger charge is 2.17. The number of nitrogens with two attached hydrogens (primary N) is 2. The van der Waals surface area contributed by atoms with E-state index < -0.39 is 0 Å². The Morgan fingerprint density at radius 1 is 1.17 bits per heavy atom. The van der Waals surface area contributed by atoms with E-state index in [9.17, 15) is 0 Å². The molecule has 4 N–H and O–H groups in total. The van der Waals surface area contributed by atoms with Crippen molar-refractivity contribution < 1.29 is 0 Å². The third-order valence-electron chi connectivity index (χ3n) is 1.79. The van der Waals surface area contributed by atoms with Gasteiger partial charge >= 0.3 is 0 Å². The quantitative estimate of drug-likeness (QED) is 0.415. The molecular formula is C8H8N4. The molecule has 60 valence electrons. The van der Waals surface area contributed by atoms with Crippen molar-refractivity contribution in [1.82, 2.24) is 0 Å². The minimum Gasteiger partial charge on any atom is -0.383 e. The van der Waals surface area contributed by atoms with Gasteiger partial charge in [0.25, 0.3) is 0 Å². The average Bonchev–Trinajstić information content (AvgIpc) is 2.44. The molecule has 1 aliphatic rings. The second-order valence-corrected chi connectivity index (χ2v) is 2.50. The van der Waals surface area contributed by atoms with Gasteiger partial charge in [-0.05, 0) is 0 Å². The third-order valence-corrected chi connectivity index (χ3v) is 1.79. The normalized spacial score (nSPS) is 17.7. The number of amidine groups is 2. The summed E-state index contributed by atoms with van der Waals surface area (Å²) in [6, 6.07) is 7.59. The topological polar surface area (TPSA) is 76.8 Å². The molecule has 1 aromatic carbocycles. The first-order chi connectivity index (χ1) is 5.83. The molecule has 0 saturated carbocycles. The summed E-state index contributed by atoms with van der Waals surface area (Å²) in [5, 5.41) is 3.53. The zero-order chi connectivity index (χ0) is 8.55. The van der Waals surface area contributed by atoms with Gasteiger partial charge in [-0.3, -0.25) is 0 Å². The molecule has 0 aliphatic carbocycles. The predicted octanol–water partition coefficient (Wildman–Crippen LogP) is 0.0258. The molecule has 0 atom stereocenters. The van der Waals surface area contributed by atoms with Crippen molar-refractivity contribution in [2.45, 2.75) is 0 Å². The van der Waals surface area contributed by atoms with Crippen LogP contribution in [0.25, 0.3) is 0 Å². The van der Waals surface area contributed by atoms with Gasteiger partial charge in [0.1, 0.15) is 5.84 Å². The van der Waals surface area contributed by atoms with Crippen molar-refractivity contribution in [3.63, 3.8) is 0 Å².